The first-order chi connectivity index (χ1) is 15.9. The van der Waals surface area contributed by atoms with E-state index in [2.05, 4.69) is 0 Å². The first kappa shape index (κ1) is 21.3. The number of hydrogen-bond acceptors (Lipinski definition) is 6. The Hall–Kier alpha value is -3.55. The normalized spacial score (nSPS) is 22.1. The molecule has 0 aromatic heterocycles. The van der Waals surface area contributed by atoms with Crippen molar-refractivity contribution in [2.45, 2.75) is 19.1 Å². The third-order valence-electron chi connectivity index (χ3n) is 6.17. The van der Waals surface area contributed by atoms with Gasteiger partial charge in [-0.05, 0) is 42.8 Å². The van der Waals surface area contributed by atoms with Crippen LogP contribution in [0, 0.1) is 12.8 Å². The fourth-order valence-electron chi connectivity index (χ4n) is 4.55. The maximum atomic E-state index is 13.7. The van der Waals surface area contributed by atoms with Crippen LogP contribution in [0.4, 0.5) is 11.4 Å². The van der Waals surface area contributed by atoms with E-state index >= 15 is 0 Å². The van der Waals surface area contributed by atoms with Crippen molar-refractivity contribution in [2.24, 2.45) is 5.92 Å². The molecule has 33 heavy (non-hydrogen) atoms. The van der Waals surface area contributed by atoms with E-state index in [-0.39, 0.29) is 11.5 Å². The summed E-state index contributed by atoms with van der Waals surface area (Å²) < 4.78 is 5.28. The second-order valence-corrected chi connectivity index (χ2v) is 8.36. The molecular weight excluding hydrogens is 444 g/mol. The molecule has 8 heteroatoms. The predicted octanol–water partition coefficient (Wildman–Crippen LogP) is 4.41. The number of carbonyl (C=O) groups excluding carboxylic acids is 2. The van der Waals surface area contributed by atoms with Crippen LogP contribution in [-0.4, -0.2) is 30.1 Å². The minimum atomic E-state index is -1.05. The molecule has 1 N–H and O–H groups in total. The third kappa shape index (κ3) is 3.23. The molecule has 0 radical (unpaired) electrons. The van der Waals surface area contributed by atoms with Crippen LogP contribution < -0.4 is 14.7 Å². The van der Waals surface area contributed by atoms with Crippen LogP contribution in [0.5, 0.6) is 11.5 Å². The zero-order valence-corrected chi connectivity index (χ0v) is 18.7. The van der Waals surface area contributed by atoms with Gasteiger partial charge in [0.25, 0.3) is 5.91 Å². The largest absolute Gasteiger partial charge is 0.504 e. The number of phenols is 1. The molecule has 3 aromatic rings. The van der Waals surface area contributed by atoms with Crippen LogP contribution in [-0.2, 0) is 14.4 Å². The van der Waals surface area contributed by atoms with Gasteiger partial charge >= 0.3 is 0 Å². The van der Waals surface area contributed by atoms with Gasteiger partial charge in [-0.1, -0.05) is 48.0 Å². The van der Waals surface area contributed by atoms with Crippen LogP contribution in [0.15, 0.2) is 66.7 Å². The van der Waals surface area contributed by atoms with Crippen LogP contribution >= 0.6 is 11.6 Å². The molecule has 3 atom stereocenters. The Morgan fingerprint density at radius 1 is 0.970 bits per heavy atom. The second kappa shape index (κ2) is 8.10. The summed E-state index contributed by atoms with van der Waals surface area (Å²) in [7, 11) is 1.45. The summed E-state index contributed by atoms with van der Waals surface area (Å²) >= 11 is 6.25. The van der Waals surface area contributed by atoms with Gasteiger partial charge in [-0.25, -0.2) is 9.96 Å². The molecule has 0 unspecified atom stereocenters. The number of benzene rings is 3. The summed E-state index contributed by atoms with van der Waals surface area (Å²) in [5, 5.41) is 12.9. The third-order valence-corrected chi connectivity index (χ3v) is 6.58. The first-order valence-electron chi connectivity index (χ1n) is 10.4. The molecule has 0 saturated carbocycles. The van der Waals surface area contributed by atoms with Crippen LogP contribution in [0.2, 0.25) is 5.02 Å². The number of ether oxygens (including phenoxy) is 1. The van der Waals surface area contributed by atoms with E-state index in [1.807, 2.05) is 30.3 Å². The molecular formula is C25H21ClN2O5. The number of rotatable bonds is 4. The van der Waals surface area contributed by atoms with Gasteiger partial charge in [0.2, 0.25) is 5.91 Å². The number of anilines is 2. The first-order valence-corrected chi connectivity index (χ1v) is 10.8. The number of phenolic OH excluding ortho intramolecular Hbond substituents is 1. The number of nitrogens with zero attached hydrogens (tertiary/aromatic N) is 2. The molecule has 168 valence electrons. The Kier molecular flexibility index (Phi) is 5.23. The molecule has 2 heterocycles. The van der Waals surface area contributed by atoms with Crippen molar-refractivity contribution in [3.05, 3.63) is 82.9 Å². The minimum absolute atomic E-state index is 0.104. The maximum absolute atomic E-state index is 13.7. The highest BCUT2D eigenvalue weighted by Crippen LogP contribution is 2.51. The number of imide groups is 1. The molecule has 2 saturated heterocycles. The van der Waals surface area contributed by atoms with Gasteiger partial charge in [-0.2, -0.15) is 0 Å². The van der Waals surface area contributed by atoms with Crippen molar-refractivity contribution in [1.82, 2.24) is 0 Å². The lowest BCUT2D eigenvalue weighted by Crippen LogP contribution is -2.37. The van der Waals surface area contributed by atoms with Gasteiger partial charge in [-0.15, -0.1) is 0 Å². The molecule has 0 spiro atoms. The Labute approximate surface area is 195 Å². The van der Waals surface area contributed by atoms with E-state index in [1.165, 1.54) is 12.2 Å². The lowest BCUT2D eigenvalue weighted by Gasteiger charge is -2.29. The number of methoxy groups -OCH3 is 1. The topological polar surface area (TPSA) is 79.3 Å². The maximum Gasteiger partial charge on any atom is 0.266 e. The number of carbonyl (C=O) groups is 2. The fourth-order valence-corrected chi connectivity index (χ4v) is 4.72. The van der Waals surface area contributed by atoms with Crippen molar-refractivity contribution in [3.63, 3.8) is 0 Å². The number of hydroxylamine groups is 1. The van der Waals surface area contributed by atoms with E-state index in [0.717, 1.165) is 4.90 Å². The minimum Gasteiger partial charge on any atom is -0.504 e. The number of fused-ring (bicyclic) bond motifs is 1. The van der Waals surface area contributed by atoms with Crippen LogP contribution in [0.25, 0.3) is 0 Å². The van der Waals surface area contributed by atoms with Crippen molar-refractivity contribution in [2.75, 3.05) is 17.1 Å². The van der Waals surface area contributed by atoms with Crippen LogP contribution in [0.3, 0.4) is 0 Å². The molecule has 5 rings (SSSR count). The van der Waals surface area contributed by atoms with Gasteiger partial charge < -0.3 is 9.84 Å². The highest BCUT2D eigenvalue weighted by Gasteiger charge is 2.61. The predicted molar refractivity (Wildman–Crippen MR) is 123 cm³/mol. The van der Waals surface area contributed by atoms with Crippen molar-refractivity contribution in [1.29, 1.82) is 0 Å². The highest BCUT2D eigenvalue weighted by molar-refractivity contribution is 6.32. The van der Waals surface area contributed by atoms with Crippen molar-refractivity contribution < 1.29 is 24.3 Å². The van der Waals surface area contributed by atoms with E-state index in [0.29, 0.717) is 27.5 Å². The number of halogens is 1. The summed E-state index contributed by atoms with van der Waals surface area (Å²) in [6.45, 7) is 1.76. The number of hydrogen-bond donors (Lipinski definition) is 1. The monoisotopic (exact) mass is 464 g/mol. The van der Waals surface area contributed by atoms with Gasteiger partial charge in [0.15, 0.2) is 17.6 Å². The van der Waals surface area contributed by atoms with E-state index in [4.69, 9.17) is 21.2 Å². The van der Waals surface area contributed by atoms with Crippen LogP contribution in [0.1, 0.15) is 17.2 Å². The molecule has 0 bridgehead atoms. The molecule has 2 amide bonds. The zero-order valence-electron chi connectivity index (χ0n) is 17.9. The summed E-state index contributed by atoms with van der Waals surface area (Å²) in [5.41, 5.74) is 2.14. The lowest BCUT2D eigenvalue weighted by molar-refractivity contribution is -0.126. The van der Waals surface area contributed by atoms with E-state index < -0.39 is 29.9 Å². The highest BCUT2D eigenvalue weighted by atomic mass is 35.5. The Morgan fingerprint density at radius 3 is 2.42 bits per heavy atom. The average molecular weight is 465 g/mol. The second-order valence-electron chi connectivity index (χ2n) is 7.95. The number of amides is 2. The zero-order chi connectivity index (χ0) is 23.3. The lowest BCUT2D eigenvalue weighted by atomic mass is 9.90. The summed E-state index contributed by atoms with van der Waals surface area (Å²) in [4.78, 5) is 34.4. The van der Waals surface area contributed by atoms with Crippen molar-refractivity contribution >= 4 is 34.8 Å². The standard InChI is InChI=1S/C25H21ClN2O5/c1-14-17(26)11-7-12-18(14)27-24(30)20-21(16-10-6-13-19(32-2)22(16)29)28(33-23(20)25(27)31)15-8-4-3-5-9-15/h3-13,20-21,23,29H,1-2H3/t20-,21-,23-/m0/s1. The number of aromatic hydroxyl groups is 1. The molecule has 2 fully saturated rings. The van der Waals surface area contributed by atoms with Gasteiger partial charge in [0, 0.05) is 10.6 Å². The van der Waals surface area contributed by atoms with E-state index in [1.54, 1.807) is 43.3 Å². The quantitative estimate of drug-likeness (QED) is 0.576. The smallest absolute Gasteiger partial charge is 0.266 e. The van der Waals surface area contributed by atoms with Crippen molar-refractivity contribution in [3.8, 4) is 11.5 Å². The van der Waals surface area contributed by atoms with Gasteiger partial charge in [0.1, 0.15) is 12.0 Å². The number of para-hydroxylation sites is 2. The summed E-state index contributed by atoms with van der Waals surface area (Å²) in [5.74, 6) is -1.60. The van der Waals surface area contributed by atoms with Gasteiger partial charge in [-0.3, -0.25) is 14.4 Å². The Morgan fingerprint density at radius 2 is 1.70 bits per heavy atom. The molecule has 0 aliphatic carbocycles. The molecule has 2 aliphatic rings. The van der Waals surface area contributed by atoms with Gasteiger partial charge in [0.05, 0.1) is 18.5 Å². The molecule has 7 nitrogen and oxygen atoms in total. The Bertz CT molecular complexity index is 1250. The van der Waals surface area contributed by atoms with E-state index in [9.17, 15) is 14.7 Å². The SMILES string of the molecule is COc1cccc([C@H]2[C@@H]3C(=O)N(c4cccc(Cl)c4C)C(=O)[C@H]3ON2c2ccccc2)c1O. The Balaban J connectivity index is 1.64. The molecule has 3 aromatic carbocycles. The molecule has 2 aliphatic heterocycles. The average Bonchev–Trinajstić information content (AvgIpc) is 3.33. The summed E-state index contributed by atoms with van der Waals surface area (Å²) in [6, 6.07) is 18.6. The summed E-state index contributed by atoms with van der Waals surface area (Å²) in [6.07, 6.45) is -1.05. The fraction of sp³-hybridized carbons (Fsp3) is 0.200.